The number of ketones is 1. The molecule has 0 amide bonds. The lowest BCUT2D eigenvalue weighted by molar-refractivity contribution is -0.0704. The summed E-state index contributed by atoms with van der Waals surface area (Å²) in [5, 5.41) is 1.93. The lowest BCUT2D eigenvalue weighted by Gasteiger charge is -2.39. The molecule has 0 unspecified atom stereocenters. The van der Waals surface area contributed by atoms with Crippen LogP contribution in [0.15, 0.2) is 15.9 Å². The van der Waals surface area contributed by atoms with Crippen LogP contribution in [0.3, 0.4) is 0 Å². The summed E-state index contributed by atoms with van der Waals surface area (Å²) in [6.07, 6.45) is 3.71. The van der Waals surface area contributed by atoms with Crippen LogP contribution in [0.2, 0.25) is 0 Å². The van der Waals surface area contributed by atoms with Gasteiger partial charge in [0.1, 0.15) is 0 Å². The Morgan fingerprint density at radius 1 is 1.67 bits per heavy atom. The highest BCUT2D eigenvalue weighted by Crippen LogP contribution is 2.39. The van der Waals surface area contributed by atoms with E-state index in [2.05, 4.69) is 15.9 Å². The molecule has 2 nitrogen and oxygen atoms in total. The molecule has 15 heavy (non-hydrogen) atoms. The first kappa shape index (κ1) is 11.3. The second-order valence-corrected chi connectivity index (χ2v) is 5.71. The van der Waals surface area contributed by atoms with Crippen LogP contribution in [0.4, 0.5) is 0 Å². The molecule has 1 aliphatic carbocycles. The number of ether oxygens (including phenoxy) is 1. The molecule has 0 N–H and O–H groups in total. The fourth-order valence-electron chi connectivity index (χ4n) is 1.89. The molecular weight excluding hydrogens is 276 g/mol. The molecule has 1 saturated carbocycles. The standard InChI is InChI=1S/C11H13BrO2S/c1-14-11(4-2-5-11)7-9(13)10-8(12)3-6-15-10/h3,6H,2,4-5,7H2,1H3. The van der Waals surface area contributed by atoms with Crippen molar-refractivity contribution in [1.29, 1.82) is 0 Å². The lowest BCUT2D eigenvalue weighted by atomic mass is 9.76. The molecule has 1 fully saturated rings. The van der Waals surface area contributed by atoms with Gasteiger partial charge >= 0.3 is 0 Å². The van der Waals surface area contributed by atoms with Crippen molar-refractivity contribution in [3.05, 3.63) is 20.8 Å². The number of hydrogen-bond acceptors (Lipinski definition) is 3. The van der Waals surface area contributed by atoms with Gasteiger partial charge in [-0.3, -0.25) is 4.79 Å². The molecule has 1 heterocycles. The van der Waals surface area contributed by atoms with Crippen molar-refractivity contribution in [2.45, 2.75) is 31.3 Å². The van der Waals surface area contributed by atoms with E-state index in [9.17, 15) is 4.79 Å². The molecule has 0 spiro atoms. The first-order valence-corrected chi connectivity index (χ1v) is 6.65. The minimum absolute atomic E-state index is 0.166. The van der Waals surface area contributed by atoms with E-state index in [0.717, 1.165) is 22.2 Å². The van der Waals surface area contributed by atoms with Crippen molar-refractivity contribution in [3.8, 4) is 0 Å². The number of hydrogen-bond donors (Lipinski definition) is 0. The van der Waals surface area contributed by atoms with Gasteiger partial charge in [0.15, 0.2) is 5.78 Å². The maximum absolute atomic E-state index is 12.0. The zero-order valence-electron chi connectivity index (χ0n) is 8.59. The molecule has 0 aromatic carbocycles. The van der Waals surface area contributed by atoms with E-state index in [1.807, 2.05) is 11.4 Å². The van der Waals surface area contributed by atoms with Gasteiger partial charge in [-0.2, -0.15) is 0 Å². The Labute approximate surface area is 102 Å². The third kappa shape index (κ3) is 2.17. The summed E-state index contributed by atoms with van der Waals surface area (Å²) >= 11 is 4.88. The summed E-state index contributed by atoms with van der Waals surface area (Å²) in [5.41, 5.74) is -0.166. The van der Waals surface area contributed by atoms with Crippen LogP contribution in [0, 0.1) is 0 Å². The maximum Gasteiger partial charge on any atom is 0.176 e. The SMILES string of the molecule is COC1(CC(=O)c2sccc2Br)CCC1. The third-order valence-electron chi connectivity index (χ3n) is 3.05. The molecule has 1 aromatic heterocycles. The van der Waals surface area contributed by atoms with Gasteiger partial charge in [0.25, 0.3) is 0 Å². The van der Waals surface area contributed by atoms with Gasteiger partial charge in [-0.15, -0.1) is 11.3 Å². The van der Waals surface area contributed by atoms with E-state index in [-0.39, 0.29) is 11.4 Å². The summed E-state index contributed by atoms with van der Waals surface area (Å²) in [6, 6.07) is 1.91. The highest BCUT2D eigenvalue weighted by atomic mass is 79.9. The van der Waals surface area contributed by atoms with Crippen molar-refractivity contribution in [2.24, 2.45) is 0 Å². The van der Waals surface area contributed by atoms with Crippen molar-refractivity contribution in [3.63, 3.8) is 0 Å². The van der Waals surface area contributed by atoms with Crippen molar-refractivity contribution in [2.75, 3.05) is 7.11 Å². The molecule has 0 atom stereocenters. The monoisotopic (exact) mass is 288 g/mol. The molecular formula is C11H13BrO2S. The molecule has 4 heteroatoms. The molecule has 0 aliphatic heterocycles. The number of rotatable bonds is 4. The van der Waals surface area contributed by atoms with E-state index in [1.165, 1.54) is 17.8 Å². The highest BCUT2D eigenvalue weighted by molar-refractivity contribution is 9.10. The van der Waals surface area contributed by atoms with Gasteiger partial charge < -0.3 is 4.74 Å². The molecule has 0 bridgehead atoms. The van der Waals surface area contributed by atoms with Crippen LogP contribution in [-0.4, -0.2) is 18.5 Å². The van der Waals surface area contributed by atoms with E-state index < -0.39 is 0 Å². The van der Waals surface area contributed by atoms with E-state index in [4.69, 9.17) is 4.74 Å². The van der Waals surface area contributed by atoms with Crippen LogP contribution < -0.4 is 0 Å². The smallest absolute Gasteiger partial charge is 0.176 e. The predicted molar refractivity (Wildman–Crippen MR) is 64.6 cm³/mol. The Hall–Kier alpha value is -0.190. The molecule has 1 aromatic rings. The van der Waals surface area contributed by atoms with Crippen LogP contribution in [-0.2, 0) is 4.74 Å². The Kier molecular flexibility index (Phi) is 3.28. The van der Waals surface area contributed by atoms with Gasteiger partial charge in [0.2, 0.25) is 0 Å². The van der Waals surface area contributed by atoms with Crippen LogP contribution in [0.1, 0.15) is 35.4 Å². The number of Topliss-reactive ketones (excluding diaryl/α,β-unsaturated/α-hetero) is 1. The first-order valence-electron chi connectivity index (χ1n) is 4.98. The fraction of sp³-hybridized carbons (Fsp3) is 0.545. The first-order chi connectivity index (χ1) is 7.17. The number of carbonyl (C=O) groups is 1. The summed E-state index contributed by atoms with van der Waals surface area (Å²) < 4.78 is 6.36. The minimum Gasteiger partial charge on any atom is -0.378 e. The van der Waals surface area contributed by atoms with Crippen LogP contribution in [0.25, 0.3) is 0 Å². The van der Waals surface area contributed by atoms with Gasteiger partial charge in [-0.05, 0) is 46.6 Å². The largest absolute Gasteiger partial charge is 0.378 e. The molecule has 0 saturated heterocycles. The second-order valence-electron chi connectivity index (χ2n) is 3.94. The Balaban J connectivity index is 2.07. The van der Waals surface area contributed by atoms with E-state index in [0.29, 0.717) is 6.42 Å². The maximum atomic E-state index is 12.0. The van der Waals surface area contributed by atoms with Crippen molar-refractivity contribution in [1.82, 2.24) is 0 Å². The summed E-state index contributed by atoms with van der Waals surface area (Å²) in [6.45, 7) is 0. The zero-order valence-corrected chi connectivity index (χ0v) is 11.0. The number of methoxy groups -OCH3 is 1. The van der Waals surface area contributed by atoms with Gasteiger partial charge in [-0.25, -0.2) is 0 Å². The fourth-order valence-corrected chi connectivity index (χ4v) is 3.42. The summed E-state index contributed by atoms with van der Waals surface area (Å²) in [4.78, 5) is 12.8. The van der Waals surface area contributed by atoms with Crippen molar-refractivity contribution >= 4 is 33.0 Å². The summed E-state index contributed by atoms with van der Waals surface area (Å²) in [5.74, 6) is 0.193. The minimum atomic E-state index is -0.166. The Bertz CT molecular complexity index is 363. The number of thiophene rings is 1. The molecule has 0 radical (unpaired) electrons. The lowest BCUT2D eigenvalue weighted by Crippen LogP contribution is -2.41. The third-order valence-corrected chi connectivity index (χ3v) is 4.93. The molecule has 2 rings (SSSR count). The molecule has 82 valence electrons. The van der Waals surface area contributed by atoms with E-state index in [1.54, 1.807) is 7.11 Å². The average molecular weight is 289 g/mol. The number of halogens is 1. The van der Waals surface area contributed by atoms with Crippen molar-refractivity contribution < 1.29 is 9.53 Å². The highest BCUT2D eigenvalue weighted by Gasteiger charge is 2.39. The zero-order chi connectivity index (χ0) is 10.9. The summed E-state index contributed by atoms with van der Waals surface area (Å²) in [7, 11) is 1.70. The average Bonchev–Trinajstić information content (AvgIpc) is 2.58. The topological polar surface area (TPSA) is 26.3 Å². The second kappa shape index (κ2) is 4.36. The van der Waals surface area contributed by atoms with E-state index >= 15 is 0 Å². The van der Waals surface area contributed by atoms with Gasteiger partial charge in [0, 0.05) is 18.0 Å². The number of carbonyl (C=O) groups excluding carboxylic acids is 1. The quantitative estimate of drug-likeness (QED) is 0.791. The molecule has 1 aliphatic rings. The van der Waals surface area contributed by atoms with Gasteiger partial charge in [0.05, 0.1) is 10.5 Å². The van der Waals surface area contributed by atoms with Crippen LogP contribution >= 0.6 is 27.3 Å². The van der Waals surface area contributed by atoms with Gasteiger partial charge in [-0.1, -0.05) is 0 Å². The normalized spacial score (nSPS) is 18.5. The Morgan fingerprint density at radius 3 is 2.80 bits per heavy atom. The van der Waals surface area contributed by atoms with Crippen LogP contribution in [0.5, 0.6) is 0 Å². The predicted octanol–water partition coefficient (Wildman–Crippen LogP) is 3.65. The Morgan fingerprint density at radius 2 is 2.40 bits per heavy atom.